The Morgan fingerprint density at radius 3 is 2.92 bits per heavy atom. The van der Waals surface area contributed by atoms with Gasteiger partial charge in [0.05, 0.1) is 0 Å². The van der Waals surface area contributed by atoms with Gasteiger partial charge in [-0.2, -0.15) is 0 Å². The highest BCUT2D eigenvalue weighted by Crippen LogP contribution is 2.15. The van der Waals surface area contributed by atoms with Crippen LogP contribution in [0.1, 0.15) is 12.8 Å². The first kappa shape index (κ1) is 9.48. The summed E-state index contributed by atoms with van der Waals surface area (Å²) in [6, 6.07) is 0. The Bertz CT molecular complexity index is 161. The van der Waals surface area contributed by atoms with Gasteiger partial charge in [0.15, 0.2) is 0 Å². The number of aliphatic hydroxyl groups is 1. The van der Waals surface area contributed by atoms with Gasteiger partial charge < -0.3 is 15.7 Å². The van der Waals surface area contributed by atoms with E-state index < -0.39 is 0 Å². The molecule has 4 nitrogen and oxygen atoms in total. The lowest BCUT2D eigenvalue weighted by Crippen LogP contribution is -2.30. The zero-order valence-corrected chi connectivity index (χ0v) is 7.20. The number of carbonyl (C=O) groups is 1. The lowest BCUT2D eigenvalue weighted by Gasteiger charge is -2.15. The zero-order valence-electron chi connectivity index (χ0n) is 7.20. The Morgan fingerprint density at radius 1 is 1.67 bits per heavy atom. The molecule has 70 valence electrons. The largest absolute Gasteiger partial charge is 0.396 e. The Balaban J connectivity index is 2.31. The number of aliphatic hydroxyl groups excluding tert-OH is 1. The minimum absolute atomic E-state index is 0.119. The first-order valence-corrected chi connectivity index (χ1v) is 4.36. The molecule has 0 aromatic rings. The van der Waals surface area contributed by atoms with Crippen LogP contribution in [0.15, 0.2) is 0 Å². The van der Waals surface area contributed by atoms with Crippen LogP contribution in [0.5, 0.6) is 0 Å². The van der Waals surface area contributed by atoms with Crippen LogP contribution in [-0.2, 0) is 4.79 Å². The van der Waals surface area contributed by atoms with Crippen molar-refractivity contribution in [3.05, 3.63) is 0 Å². The third-order valence-corrected chi connectivity index (χ3v) is 2.25. The van der Waals surface area contributed by atoms with Crippen LogP contribution in [0.25, 0.3) is 0 Å². The maximum atomic E-state index is 11.3. The molecule has 4 heteroatoms. The summed E-state index contributed by atoms with van der Waals surface area (Å²) in [5.41, 5.74) is 5.27. The van der Waals surface area contributed by atoms with E-state index in [9.17, 15) is 4.79 Å². The summed E-state index contributed by atoms with van der Waals surface area (Å²) in [5.74, 6) is 0.403. The number of rotatable bonds is 3. The zero-order chi connectivity index (χ0) is 8.97. The van der Waals surface area contributed by atoms with Crippen molar-refractivity contribution in [2.24, 2.45) is 11.7 Å². The Hall–Kier alpha value is -0.610. The highest BCUT2D eigenvalue weighted by molar-refractivity contribution is 5.76. The van der Waals surface area contributed by atoms with E-state index in [1.165, 1.54) is 0 Å². The number of hydrogen-bond donors (Lipinski definition) is 2. The molecular formula is C8H16N2O2. The summed E-state index contributed by atoms with van der Waals surface area (Å²) in [5, 5.41) is 8.83. The fraction of sp³-hybridized carbons (Fsp3) is 0.875. The standard InChI is InChI=1S/C8H16N2O2/c9-3-1-8(12)10-4-2-7(5-10)6-11/h7,11H,1-6,9H2. The highest BCUT2D eigenvalue weighted by atomic mass is 16.3. The molecule has 12 heavy (non-hydrogen) atoms. The van der Waals surface area contributed by atoms with Gasteiger partial charge in [-0.1, -0.05) is 0 Å². The molecule has 1 heterocycles. The molecule has 0 aromatic heterocycles. The van der Waals surface area contributed by atoms with E-state index in [0.29, 0.717) is 19.5 Å². The second kappa shape index (κ2) is 4.42. The van der Waals surface area contributed by atoms with Gasteiger partial charge in [-0.25, -0.2) is 0 Å². The lowest BCUT2D eigenvalue weighted by atomic mass is 10.1. The van der Waals surface area contributed by atoms with Crippen LogP contribution in [0.3, 0.4) is 0 Å². The molecule has 1 fully saturated rings. The van der Waals surface area contributed by atoms with E-state index in [-0.39, 0.29) is 18.4 Å². The van der Waals surface area contributed by atoms with Crippen LogP contribution in [-0.4, -0.2) is 42.2 Å². The maximum Gasteiger partial charge on any atom is 0.223 e. The number of likely N-dealkylation sites (tertiary alicyclic amines) is 1. The minimum atomic E-state index is 0.119. The molecule has 1 aliphatic rings. The Labute approximate surface area is 72.3 Å². The van der Waals surface area contributed by atoms with Crippen molar-refractivity contribution < 1.29 is 9.90 Å². The quantitative estimate of drug-likeness (QED) is 0.584. The predicted octanol–water partition coefficient (Wildman–Crippen LogP) is -0.824. The molecule has 3 N–H and O–H groups in total. The molecule has 1 atom stereocenters. The van der Waals surface area contributed by atoms with Gasteiger partial charge in [-0.15, -0.1) is 0 Å². The molecule has 0 spiro atoms. The number of amides is 1. The minimum Gasteiger partial charge on any atom is -0.396 e. The van der Waals surface area contributed by atoms with E-state index in [2.05, 4.69) is 0 Å². The molecular weight excluding hydrogens is 156 g/mol. The summed E-state index contributed by atoms with van der Waals surface area (Å²) in [6.45, 7) is 2.09. The molecule has 0 aromatic carbocycles. The molecule has 0 aliphatic carbocycles. The topological polar surface area (TPSA) is 66.6 Å². The summed E-state index contributed by atoms with van der Waals surface area (Å²) in [4.78, 5) is 13.1. The van der Waals surface area contributed by atoms with Crippen molar-refractivity contribution in [3.8, 4) is 0 Å². The van der Waals surface area contributed by atoms with Crippen molar-refractivity contribution >= 4 is 5.91 Å². The number of carbonyl (C=O) groups excluding carboxylic acids is 1. The molecule has 1 saturated heterocycles. The third-order valence-electron chi connectivity index (χ3n) is 2.25. The first-order valence-electron chi connectivity index (χ1n) is 4.36. The van der Waals surface area contributed by atoms with E-state index in [0.717, 1.165) is 13.0 Å². The summed E-state index contributed by atoms with van der Waals surface area (Å²) in [6.07, 6.45) is 1.35. The van der Waals surface area contributed by atoms with Crippen molar-refractivity contribution in [3.63, 3.8) is 0 Å². The van der Waals surface area contributed by atoms with E-state index >= 15 is 0 Å². The molecule has 0 radical (unpaired) electrons. The van der Waals surface area contributed by atoms with Crippen LogP contribution in [0, 0.1) is 5.92 Å². The van der Waals surface area contributed by atoms with Gasteiger partial charge in [0, 0.05) is 38.6 Å². The van der Waals surface area contributed by atoms with Crippen molar-refractivity contribution in [1.82, 2.24) is 4.90 Å². The predicted molar refractivity (Wildman–Crippen MR) is 45.4 cm³/mol. The van der Waals surface area contributed by atoms with Crippen LogP contribution < -0.4 is 5.73 Å². The Kier molecular flexibility index (Phi) is 3.49. The van der Waals surface area contributed by atoms with Crippen LogP contribution in [0.4, 0.5) is 0 Å². The van der Waals surface area contributed by atoms with Gasteiger partial charge in [-0.05, 0) is 6.42 Å². The van der Waals surface area contributed by atoms with Gasteiger partial charge in [0.1, 0.15) is 0 Å². The molecule has 1 amide bonds. The lowest BCUT2D eigenvalue weighted by molar-refractivity contribution is -0.130. The number of nitrogens with zero attached hydrogens (tertiary/aromatic N) is 1. The van der Waals surface area contributed by atoms with Gasteiger partial charge >= 0.3 is 0 Å². The highest BCUT2D eigenvalue weighted by Gasteiger charge is 2.24. The van der Waals surface area contributed by atoms with Gasteiger partial charge in [0.2, 0.25) is 5.91 Å². The fourth-order valence-corrected chi connectivity index (χ4v) is 1.49. The van der Waals surface area contributed by atoms with Gasteiger partial charge in [-0.3, -0.25) is 4.79 Å². The summed E-state index contributed by atoms with van der Waals surface area (Å²) >= 11 is 0. The number of hydrogen-bond acceptors (Lipinski definition) is 3. The average Bonchev–Trinajstić information content (AvgIpc) is 2.52. The smallest absolute Gasteiger partial charge is 0.223 e. The van der Waals surface area contributed by atoms with E-state index in [1.54, 1.807) is 4.90 Å². The summed E-state index contributed by atoms with van der Waals surface area (Å²) < 4.78 is 0. The SMILES string of the molecule is NCCC(=O)N1CCC(CO)C1. The average molecular weight is 172 g/mol. The Morgan fingerprint density at radius 2 is 2.42 bits per heavy atom. The van der Waals surface area contributed by atoms with Crippen molar-refractivity contribution in [2.75, 3.05) is 26.2 Å². The molecule has 1 rings (SSSR count). The number of nitrogens with two attached hydrogens (primary N) is 1. The fourth-order valence-electron chi connectivity index (χ4n) is 1.49. The molecule has 0 bridgehead atoms. The van der Waals surface area contributed by atoms with E-state index in [4.69, 9.17) is 10.8 Å². The van der Waals surface area contributed by atoms with Crippen molar-refractivity contribution in [2.45, 2.75) is 12.8 Å². The van der Waals surface area contributed by atoms with Crippen LogP contribution >= 0.6 is 0 Å². The van der Waals surface area contributed by atoms with E-state index in [1.807, 2.05) is 0 Å². The molecule has 0 saturated carbocycles. The van der Waals surface area contributed by atoms with Crippen LogP contribution in [0.2, 0.25) is 0 Å². The summed E-state index contributed by atoms with van der Waals surface area (Å²) in [7, 11) is 0. The monoisotopic (exact) mass is 172 g/mol. The maximum absolute atomic E-state index is 11.3. The second-order valence-corrected chi connectivity index (χ2v) is 3.22. The van der Waals surface area contributed by atoms with Crippen molar-refractivity contribution in [1.29, 1.82) is 0 Å². The first-order chi connectivity index (χ1) is 5.77. The molecule has 1 unspecified atom stereocenters. The van der Waals surface area contributed by atoms with Gasteiger partial charge in [0.25, 0.3) is 0 Å². The molecule has 1 aliphatic heterocycles. The third kappa shape index (κ3) is 2.19. The normalized spacial score (nSPS) is 23.2. The second-order valence-electron chi connectivity index (χ2n) is 3.22.